The third kappa shape index (κ3) is 2.77. The van der Waals surface area contributed by atoms with E-state index in [1.54, 1.807) is 6.33 Å². The van der Waals surface area contributed by atoms with Gasteiger partial charge in [-0.25, -0.2) is 9.97 Å². The monoisotopic (exact) mass is 327 g/mol. The highest BCUT2D eigenvalue weighted by Crippen LogP contribution is 2.32. The summed E-state index contributed by atoms with van der Waals surface area (Å²) < 4.78 is 1.88. The summed E-state index contributed by atoms with van der Waals surface area (Å²) in [5, 5.41) is 6.06. The van der Waals surface area contributed by atoms with Crippen LogP contribution in [-0.4, -0.2) is 32.8 Å². The van der Waals surface area contributed by atoms with Crippen molar-refractivity contribution < 1.29 is 0 Å². The molecule has 1 aliphatic heterocycles. The fraction of sp³-hybridized carbons (Fsp3) is 0.353. The molecule has 0 unspecified atom stereocenters. The molecule has 4 rings (SSSR count). The first kappa shape index (κ1) is 14.5. The third-order valence-electron chi connectivity index (χ3n) is 4.57. The average molecular weight is 328 g/mol. The Kier molecular flexibility index (Phi) is 3.65. The Labute approximate surface area is 139 Å². The number of nitrogens with zero attached hydrogens (tertiary/aromatic N) is 5. The summed E-state index contributed by atoms with van der Waals surface area (Å²) in [6.45, 7) is 1.99. The Bertz CT molecular complexity index is 836. The molecule has 1 aromatic carbocycles. The minimum atomic E-state index is 0.586. The van der Waals surface area contributed by atoms with E-state index < -0.39 is 0 Å². The molecule has 3 aromatic rings. The number of fused-ring (bicyclic) bond motifs is 1. The Balaban J connectivity index is 1.57. The van der Waals surface area contributed by atoms with Crippen LogP contribution in [0.25, 0.3) is 10.9 Å². The number of piperidine rings is 1. The predicted molar refractivity (Wildman–Crippen MR) is 91.9 cm³/mol. The SMILES string of the molecule is Cn1cc(C2CCN(c3ncnc4cc(Cl)ccc34)CC2)cn1. The topological polar surface area (TPSA) is 46.8 Å². The van der Waals surface area contributed by atoms with Crippen molar-refractivity contribution in [3.05, 3.63) is 47.5 Å². The van der Waals surface area contributed by atoms with Gasteiger partial charge in [0.25, 0.3) is 0 Å². The Morgan fingerprint density at radius 1 is 1.17 bits per heavy atom. The van der Waals surface area contributed by atoms with Crippen LogP contribution >= 0.6 is 11.6 Å². The average Bonchev–Trinajstić information content (AvgIpc) is 3.01. The molecule has 5 nitrogen and oxygen atoms in total. The maximum absolute atomic E-state index is 6.06. The van der Waals surface area contributed by atoms with Gasteiger partial charge in [-0.2, -0.15) is 5.10 Å². The molecule has 3 heterocycles. The standard InChI is InChI=1S/C17H18ClN5/c1-22-10-13(9-21-22)12-4-6-23(7-5-12)17-15-3-2-14(18)8-16(15)19-11-20-17/h2-3,8-12H,4-7H2,1H3. The fourth-order valence-corrected chi connectivity index (χ4v) is 3.51. The number of hydrogen-bond donors (Lipinski definition) is 0. The van der Waals surface area contributed by atoms with Gasteiger partial charge in [-0.05, 0) is 42.5 Å². The van der Waals surface area contributed by atoms with E-state index in [2.05, 4.69) is 26.2 Å². The molecular weight excluding hydrogens is 310 g/mol. The molecule has 2 aromatic heterocycles. The summed E-state index contributed by atoms with van der Waals surface area (Å²) in [7, 11) is 1.97. The van der Waals surface area contributed by atoms with Crippen LogP contribution in [0, 0.1) is 0 Å². The van der Waals surface area contributed by atoms with E-state index in [-0.39, 0.29) is 0 Å². The van der Waals surface area contributed by atoms with E-state index in [0.717, 1.165) is 42.7 Å². The highest BCUT2D eigenvalue weighted by Gasteiger charge is 2.23. The van der Waals surface area contributed by atoms with Gasteiger partial charge in [0.15, 0.2) is 0 Å². The van der Waals surface area contributed by atoms with Crippen molar-refractivity contribution in [3.63, 3.8) is 0 Å². The van der Waals surface area contributed by atoms with Crippen molar-refractivity contribution in [1.29, 1.82) is 0 Å². The number of aryl methyl sites for hydroxylation is 1. The van der Waals surface area contributed by atoms with Gasteiger partial charge in [0.2, 0.25) is 0 Å². The van der Waals surface area contributed by atoms with Gasteiger partial charge in [-0.15, -0.1) is 0 Å². The molecule has 0 atom stereocenters. The Morgan fingerprint density at radius 3 is 2.74 bits per heavy atom. The van der Waals surface area contributed by atoms with Gasteiger partial charge in [-0.3, -0.25) is 4.68 Å². The first-order valence-electron chi connectivity index (χ1n) is 7.84. The smallest absolute Gasteiger partial charge is 0.139 e. The molecule has 23 heavy (non-hydrogen) atoms. The molecule has 0 spiro atoms. The lowest BCUT2D eigenvalue weighted by atomic mass is 9.91. The van der Waals surface area contributed by atoms with Crippen LogP contribution in [0.2, 0.25) is 5.02 Å². The van der Waals surface area contributed by atoms with E-state index in [1.165, 1.54) is 5.56 Å². The summed E-state index contributed by atoms with van der Waals surface area (Å²) in [6, 6.07) is 5.81. The van der Waals surface area contributed by atoms with Crippen LogP contribution in [0.5, 0.6) is 0 Å². The van der Waals surface area contributed by atoms with Gasteiger partial charge in [0.05, 0.1) is 11.7 Å². The van der Waals surface area contributed by atoms with Crippen LogP contribution in [0.1, 0.15) is 24.3 Å². The first-order valence-corrected chi connectivity index (χ1v) is 8.22. The zero-order valence-corrected chi connectivity index (χ0v) is 13.7. The molecule has 118 valence electrons. The Hall–Kier alpha value is -2.14. The molecule has 1 aliphatic rings. The minimum Gasteiger partial charge on any atom is -0.356 e. The summed E-state index contributed by atoms with van der Waals surface area (Å²) in [6.07, 6.45) is 7.97. The number of hydrogen-bond acceptors (Lipinski definition) is 4. The van der Waals surface area contributed by atoms with Crippen molar-refractivity contribution in [2.45, 2.75) is 18.8 Å². The van der Waals surface area contributed by atoms with E-state index in [1.807, 2.05) is 36.1 Å². The van der Waals surface area contributed by atoms with Crippen molar-refractivity contribution in [2.75, 3.05) is 18.0 Å². The summed E-state index contributed by atoms with van der Waals surface area (Å²) in [5.41, 5.74) is 2.24. The molecule has 6 heteroatoms. The molecule has 0 radical (unpaired) electrons. The molecule has 1 fully saturated rings. The highest BCUT2D eigenvalue weighted by molar-refractivity contribution is 6.31. The minimum absolute atomic E-state index is 0.586. The molecule has 0 saturated carbocycles. The van der Waals surface area contributed by atoms with E-state index in [0.29, 0.717) is 10.9 Å². The largest absolute Gasteiger partial charge is 0.356 e. The maximum Gasteiger partial charge on any atom is 0.139 e. The number of rotatable bonds is 2. The molecule has 0 N–H and O–H groups in total. The second kappa shape index (κ2) is 5.81. The fourth-order valence-electron chi connectivity index (χ4n) is 3.34. The van der Waals surface area contributed by atoms with Crippen molar-refractivity contribution in [3.8, 4) is 0 Å². The number of benzene rings is 1. The molecule has 0 amide bonds. The Morgan fingerprint density at radius 2 is 2.00 bits per heavy atom. The summed E-state index contributed by atoms with van der Waals surface area (Å²) >= 11 is 6.06. The normalized spacial score (nSPS) is 16.2. The van der Waals surface area contributed by atoms with E-state index in [4.69, 9.17) is 11.6 Å². The quantitative estimate of drug-likeness (QED) is 0.723. The van der Waals surface area contributed by atoms with Crippen LogP contribution in [0.4, 0.5) is 5.82 Å². The van der Waals surface area contributed by atoms with Crippen molar-refractivity contribution in [1.82, 2.24) is 19.7 Å². The van der Waals surface area contributed by atoms with Crippen LogP contribution in [0.3, 0.4) is 0 Å². The number of halogens is 1. The van der Waals surface area contributed by atoms with Gasteiger partial charge < -0.3 is 4.90 Å². The van der Waals surface area contributed by atoms with Gasteiger partial charge >= 0.3 is 0 Å². The highest BCUT2D eigenvalue weighted by atomic mass is 35.5. The van der Waals surface area contributed by atoms with Gasteiger partial charge in [0.1, 0.15) is 12.1 Å². The van der Waals surface area contributed by atoms with Crippen LogP contribution in [-0.2, 0) is 7.05 Å². The van der Waals surface area contributed by atoms with Gasteiger partial charge in [-0.1, -0.05) is 11.6 Å². The predicted octanol–water partition coefficient (Wildman–Crippen LogP) is 3.40. The second-order valence-corrected chi connectivity index (χ2v) is 6.50. The number of aromatic nitrogens is 4. The lowest BCUT2D eigenvalue weighted by Gasteiger charge is -2.33. The molecular formula is C17H18ClN5. The third-order valence-corrected chi connectivity index (χ3v) is 4.80. The first-order chi connectivity index (χ1) is 11.2. The molecule has 0 aliphatic carbocycles. The summed E-state index contributed by atoms with van der Waals surface area (Å²) in [5.74, 6) is 1.60. The van der Waals surface area contributed by atoms with E-state index in [9.17, 15) is 0 Å². The zero-order chi connectivity index (χ0) is 15.8. The van der Waals surface area contributed by atoms with E-state index >= 15 is 0 Å². The lowest BCUT2D eigenvalue weighted by Crippen LogP contribution is -2.33. The molecule has 1 saturated heterocycles. The summed E-state index contributed by atoms with van der Waals surface area (Å²) in [4.78, 5) is 11.2. The lowest BCUT2D eigenvalue weighted by molar-refractivity contribution is 0.503. The van der Waals surface area contributed by atoms with Crippen molar-refractivity contribution in [2.24, 2.45) is 7.05 Å². The zero-order valence-electron chi connectivity index (χ0n) is 13.0. The van der Waals surface area contributed by atoms with Gasteiger partial charge in [0, 0.05) is 36.7 Å². The maximum atomic E-state index is 6.06. The van der Waals surface area contributed by atoms with Crippen LogP contribution < -0.4 is 4.90 Å². The second-order valence-electron chi connectivity index (χ2n) is 6.07. The molecule has 0 bridgehead atoms. The van der Waals surface area contributed by atoms with Crippen molar-refractivity contribution >= 4 is 28.3 Å². The van der Waals surface area contributed by atoms with Crippen LogP contribution in [0.15, 0.2) is 36.9 Å². The number of anilines is 1.